The summed E-state index contributed by atoms with van der Waals surface area (Å²) in [7, 11) is -4.91. The Bertz CT molecular complexity index is 907. The molecule has 0 bridgehead atoms. The first-order chi connectivity index (χ1) is 15.2. The summed E-state index contributed by atoms with van der Waals surface area (Å²) in [6, 6.07) is 43.6. The van der Waals surface area contributed by atoms with Gasteiger partial charge in [0.15, 0.2) is 0 Å². The maximum absolute atomic E-state index is 7.56. The molecule has 0 atom stereocenters. The Morgan fingerprint density at radius 3 is 1.16 bits per heavy atom. The Morgan fingerprint density at radius 2 is 0.871 bits per heavy atom. The quantitative estimate of drug-likeness (QED) is 0.379. The van der Waals surface area contributed by atoms with E-state index in [0.717, 1.165) is 16.4 Å². The van der Waals surface area contributed by atoms with Crippen LogP contribution in [0.25, 0.3) is 0 Å². The molecule has 0 saturated carbocycles. The Kier molecular flexibility index (Phi) is 6.80. The van der Waals surface area contributed by atoms with Gasteiger partial charge in [-0.15, -0.1) is 0 Å². The van der Waals surface area contributed by atoms with Crippen molar-refractivity contribution in [3.8, 4) is 0 Å². The molecule has 0 spiro atoms. The molecular weight excluding hydrogens is 429 g/mol. The summed E-state index contributed by atoms with van der Waals surface area (Å²) >= 11 is 0. The predicted molar refractivity (Wildman–Crippen MR) is 138 cm³/mol. The third-order valence-corrected chi connectivity index (χ3v) is 16.4. The topological polar surface area (TPSA) is 18.5 Å². The second kappa shape index (κ2) is 9.72. The normalized spacial score (nSPS) is 12.0. The molecule has 0 aliphatic carbocycles. The minimum atomic E-state index is -2.92. The Hall–Kier alpha value is -2.55. The van der Waals surface area contributed by atoms with Gasteiger partial charge in [-0.05, 0) is 26.8 Å². The Morgan fingerprint density at radius 1 is 0.548 bits per heavy atom. The smallest absolute Gasteiger partial charge is 0.386 e. The molecule has 0 aromatic heterocycles. The van der Waals surface area contributed by atoms with Crippen LogP contribution < -0.4 is 20.7 Å². The molecular formula is C26H28O2Si3. The molecule has 0 fully saturated rings. The van der Waals surface area contributed by atoms with Gasteiger partial charge in [-0.3, -0.25) is 0 Å². The summed E-state index contributed by atoms with van der Waals surface area (Å²) in [6.07, 6.45) is 0. The van der Waals surface area contributed by atoms with Crippen LogP contribution in [0.15, 0.2) is 121 Å². The maximum atomic E-state index is 7.56. The highest BCUT2D eigenvalue weighted by molar-refractivity contribution is 7.07. The van der Waals surface area contributed by atoms with Crippen molar-refractivity contribution in [2.45, 2.75) is 13.0 Å². The zero-order valence-corrected chi connectivity index (χ0v) is 22.1. The molecule has 2 nitrogen and oxygen atoms in total. The van der Waals surface area contributed by atoms with Gasteiger partial charge in [0.25, 0.3) is 0 Å². The molecule has 156 valence electrons. The molecule has 31 heavy (non-hydrogen) atoms. The van der Waals surface area contributed by atoms with Crippen LogP contribution in [0, 0.1) is 0 Å². The lowest BCUT2D eigenvalue weighted by Crippen LogP contribution is -2.73. The molecule has 0 radical (unpaired) electrons. The number of hydrogen-bond acceptors (Lipinski definition) is 2. The highest BCUT2D eigenvalue weighted by Crippen LogP contribution is 2.20. The minimum Gasteiger partial charge on any atom is -0.439 e. The van der Waals surface area contributed by atoms with Crippen molar-refractivity contribution in [3.63, 3.8) is 0 Å². The van der Waals surface area contributed by atoms with E-state index in [0.29, 0.717) is 10.5 Å². The molecule has 4 rings (SSSR count). The second-order valence-electron chi connectivity index (χ2n) is 7.57. The van der Waals surface area contributed by atoms with Crippen LogP contribution in [0.1, 0.15) is 6.92 Å². The van der Waals surface area contributed by atoms with Crippen LogP contribution in [0.5, 0.6) is 0 Å². The largest absolute Gasteiger partial charge is 0.439 e. The van der Waals surface area contributed by atoms with Gasteiger partial charge >= 0.3 is 8.56 Å². The molecule has 0 heterocycles. The van der Waals surface area contributed by atoms with E-state index >= 15 is 0 Å². The molecule has 0 saturated heterocycles. The molecule has 0 amide bonds. The zero-order chi connectivity index (χ0) is 21.6. The number of hydrogen-bond donors (Lipinski definition) is 0. The van der Waals surface area contributed by atoms with Gasteiger partial charge in [-0.25, -0.2) is 0 Å². The van der Waals surface area contributed by atoms with Crippen LogP contribution in [0.2, 0.25) is 6.04 Å². The molecule has 4 aromatic rings. The summed E-state index contributed by atoms with van der Waals surface area (Å²) in [4.78, 5) is 0. The Balaban J connectivity index is 1.98. The van der Waals surface area contributed by atoms with Gasteiger partial charge in [0, 0.05) is 0 Å². The first-order valence-electron chi connectivity index (χ1n) is 10.7. The summed E-state index contributed by atoms with van der Waals surface area (Å²) in [5.74, 6) is 0. The standard InChI is InChI=1S/C26H28O2Si3/c1-2-30(23-15-7-3-8-16-23,24-17-9-4-10-18-24)28-31(27-29,25-19-11-5-12-20-25)26-21-13-6-14-22-26/h3-22H,2H2,1,29H3. The van der Waals surface area contributed by atoms with Crippen molar-refractivity contribution in [2.75, 3.05) is 0 Å². The van der Waals surface area contributed by atoms with Gasteiger partial charge in [0.05, 0.1) is 0 Å². The average Bonchev–Trinajstić information content (AvgIpc) is 2.87. The van der Waals surface area contributed by atoms with E-state index in [1.54, 1.807) is 0 Å². The maximum Gasteiger partial charge on any atom is 0.386 e. The van der Waals surface area contributed by atoms with Crippen LogP contribution in [-0.2, 0) is 8.23 Å². The van der Waals surface area contributed by atoms with Gasteiger partial charge in [0.2, 0.25) is 8.32 Å². The van der Waals surface area contributed by atoms with Gasteiger partial charge in [-0.2, -0.15) is 0 Å². The van der Waals surface area contributed by atoms with Crippen molar-refractivity contribution in [1.82, 2.24) is 0 Å². The van der Waals surface area contributed by atoms with Crippen molar-refractivity contribution in [2.24, 2.45) is 0 Å². The van der Waals surface area contributed by atoms with Crippen LogP contribution in [-0.4, -0.2) is 27.4 Å². The molecule has 4 aromatic carbocycles. The van der Waals surface area contributed by atoms with Gasteiger partial charge in [0.1, 0.15) is 10.5 Å². The molecule has 0 aliphatic rings. The Labute approximate surface area is 190 Å². The van der Waals surface area contributed by atoms with E-state index < -0.39 is 16.9 Å². The summed E-state index contributed by atoms with van der Waals surface area (Å²) in [6.45, 7) is 2.26. The fraction of sp³-hybridized carbons (Fsp3) is 0.0769. The SMILES string of the molecule is CC[Si](O[Si](O[SiH3])(c1ccccc1)c1ccccc1)(c1ccccc1)c1ccccc1. The van der Waals surface area contributed by atoms with Crippen LogP contribution in [0.4, 0.5) is 0 Å². The summed E-state index contributed by atoms with van der Waals surface area (Å²) < 4.78 is 14.2. The average molecular weight is 457 g/mol. The first kappa shape index (κ1) is 21.7. The third-order valence-electron chi connectivity index (χ3n) is 5.89. The fourth-order valence-electron chi connectivity index (χ4n) is 4.30. The van der Waals surface area contributed by atoms with Crippen LogP contribution in [0.3, 0.4) is 0 Å². The lowest BCUT2D eigenvalue weighted by atomic mass is 10.4. The second-order valence-corrected chi connectivity index (χ2v) is 15.9. The van der Waals surface area contributed by atoms with Gasteiger partial charge in [-0.1, -0.05) is 128 Å². The predicted octanol–water partition coefficient (Wildman–Crippen LogP) is 2.34. The molecule has 5 heteroatoms. The van der Waals surface area contributed by atoms with E-state index in [1.807, 2.05) is 0 Å². The van der Waals surface area contributed by atoms with E-state index in [1.165, 1.54) is 10.4 Å². The molecule has 0 unspecified atom stereocenters. The lowest BCUT2D eigenvalue weighted by molar-refractivity contribution is 0.440. The van der Waals surface area contributed by atoms with E-state index in [9.17, 15) is 0 Å². The first-order valence-corrected chi connectivity index (χ1v) is 15.5. The van der Waals surface area contributed by atoms with Crippen molar-refractivity contribution >= 4 is 48.1 Å². The van der Waals surface area contributed by atoms with Crippen molar-refractivity contribution < 1.29 is 8.23 Å². The van der Waals surface area contributed by atoms with Gasteiger partial charge < -0.3 is 8.23 Å². The molecule has 0 N–H and O–H groups in total. The lowest BCUT2D eigenvalue weighted by Gasteiger charge is -2.41. The highest BCUT2D eigenvalue weighted by atomic mass is 28.5. The van der Waals surface area contributed by atoms with Crippen molar-refractivity contribution in [3.05, 3.63) is 121 Å². The zero-order valence-electron chi connectivity index (χ0n) is 18.1. The number of rotatable bonds is 8. The fourth-order valence-corrected chi connectivity index (χ4v) is 15.9. The summed E-state index contributed by atoms with van der Waals surface area (Å²) in [5, 5.41) is 4.89. The van der Waals surface area contributed by atoms with E-state index in [2.05, 4.69) is 128 Å². The van der Waals surface area contributed by atoms with Crippen molar-refractivity contribution in [1.29, 1.82) is 0 Å². The monoisotopic (exact) mass is 456 g/mol. The van der Waals surface area contributed by atoms with E-state index in [-0.39, 0.29) is 0 Å². The minimum absolute atomic E-state index is 0.595. The molecule has 0 aliphatic heterocycles. The summed E-state index contributed by atoms with van der Waals surface area (Å²) in [5.41, 5.74) is 0. The third kappa shape index (κ3) is 4.15. The number of benzene rings is 4. The van der Waals surface area contributed by atoms with Crippen LogP contribution >= 0.6 is 0 Å². The van der Waals surface area contributed by atoms with E-state index in [4.69, 9.17) is 8.23 Å². The highest BCUT2D eigenvalue weighted by Gasteiger charge is 2.50.